The monoisotopic (exact) mass is 389 g/mol. The Hall–Kier alpha value is -1.82. The van der Waals surface area contributed by atoms with Crippen LogP contribution in [0.5, 0.6) is 0 Å². The van der Waals surface area contributed by atoms with E-state index < -0.39 is 0 Å². The lowest BCUT2D eigenvalue weighted by Gasteiger charge is -2.20. The lowest BCUT2D eigenvalue weighted by Crippen LogP contribution is -2.20. The molecule has 7 heteroatoms. The molecule has 1 atom stereocenters. The van der Waals surface area contributed by atoms with E-state index in [9.17, 15) is 4.79 Å². The molecular formula is C18H13Cl2N3OS. The largest absolute Gasteiger partial charge is 0.272 e. The van der Waals surface area contributed by atoms with Crippen molar-refractivity contribution in [1.29, 1.82) is 0 Å². The van der Waals surface area contributed by atoms with E-state index in [4.69, 9.17) is 23.2 Å². The Morgan fingerprint density at radius 3 is 2.76 bits per heavy atom. The van der Waals surface area contributed by atoms with Crippen LogP contribution in [0.1, 0.15) is 27.6 Å². The van der Waals surface area contributed by atoms with Crippen molar-refractivity contribution in [3.05, 3.63) is 63.6 Å². The van der Waals surface area contributed by atoms with E-state index in [2.05, 4.69) is 10.1 Å². The molecule has 1 aromatic heterocycles. The van der Waals surface area contributed by atoms with Gasteiger partial charge in [0, 0.05) is 17.2 Å². The van der Waals surface area contributed by atoms with Crippen LogP contribution in [0.4, 0.5) is 0 Å². The van der Waals surface area contributed by atoms with E-state index in [1.54, 1.807) is 6.07 Å². The smallest absolute Gasteiger partial charge is 0.250 e. The van der Waals surface area contributed by atoms with Gasteiger partial charge in [0.05, 0.1) is 10.0 Å². The first-order valence-corrected chi connectivity index (χ1v) is 9.34. The number of rotatable bonds is 2. The van der Waals surface area contributed by atoms with Crippen molar-refractivity contribution in [1.82, 2.24) is 14.8 Å². The fourth-order valence-corrected chi connectivity index (χ4v) is 4.21. The van der Waals surface area contributed by atoms with Gasteiger partial charge < -0.3 is 0 Å². The molecule has 4 nitrogen and oxygen atoms in total. The summed E-state index contributed by atoms with van der Waals surface area (Å²) in [5.41, 5.74) is 2.98. The minimum atomic E-state index is -0.0729. The molecule has 0 amide bonds. The highest BCUT2D eigenvalue weighted by Gasteiger charge is 2.30. The first-order valence-electron chi connectivity index (χ1n) is 7.70. The first-order chi connectivity index (χ1) is 12.0. The fourth-order valence-electron chi connectivity index (χ4n) is 2.76. The van der Waals surface area contributed by atoms with E-state index in [0.717, 1.165) is 16.7 Å². The van der Waals surface area contributed by atoms with Crippen molar-refractivity contribution >= 4 is 40.9 Å². The molecule has 0 saturated heterocycles. The van der Waals surface area contributed by atoms with Gasteiger partial charge in [-0.1, -0.05) is 64.8 Å². The number of carbonyl (C=O) groups excluding carboxylic acids is 1. The van der Waals surface area contributed by atoms with Crippen LogP contribution in [0.3, 0.4) is 0 Å². The lowest BCUT2D eigenvalue weighted by molar-refractivity contribution is 0.0868. The highest BCUT2D eigenvalue weighted by molar-refractivity contribution is 7.99. The van der Waals surface area contributed by atoms with E-state index >= 15 is 0 Å². The normalized spacial score (nSPS) is 16.8. The van der Waals surface area contributed by atoms with Crippen LogP contribution >= 0.6 is 35.0 Å². The highest BCUT2D eigenvalue weighted by atomic mass is 35.5. The zero-order chi connectivity index (χ0) is 17.6. The summed E-state index contributed by atoms with van der Waals surface area (Å²) in [5.74, 6) is 0.491. The van der Waals surface area contributed by atoms with Crippen LogP contribution in [0.15, 0.2) is 47.6 Å². The van der Waals surface area contributed by atoms with Gasteiger partial charge in [-0.3, -0.25) is 4.79 Å². The Labute approximate surface area is 159 Å². The Morgan fingerprint density at radius 1 is 1.16 bits per heavy atom. The maximum absolute atomic E-state index is 12.5. The molecule has 2 heterocycles. The summed E-state index contributed by atoms with van der Waals surface area (Å²) in [6.07, 6.45) is 0.340. The van der Waals surface area contributed by atoms with Gasteiger partial charge in [0.25, 0.3) is 5.91 Å². The zero-order valence-corrected chi connectivity index (χ0v) is 15.6. The molecule has 4 rings (SSSR count). The van der Waals surface area contributed by atoms with Gasteiger partial charge in [0.15, 0.2) is 11.0 Å². The van der Waals surface area contributed by atoms with Gasteiger partial charge in [-0.2, -0.15) is 4.68 Å². The molecule has 0 fully saturated rings. The maximum atomic E-state index is 12.5. The minimum absolute atomic E-state index is 0.0515. The molecule has 2 aromatic carbocycles. The molecule has 1 aliphatic heterocycles. The number of halogens is 2. The standard InChI is InChI=1S/C18H13Cl2N3OS/c1-10-3-2-4-12(7-10)17-21-18-23(22-17)16(24)9-15(25-18)11-5-6-13(19)14(20)8-11/h2-8,15H,9H2,1H3/t15-/m1/s1. The van der Waals surface area contributed by atoms with Crippen LogP contribution in [-0.2, 0) is 0 Å². The SMILES string of the molecule is Cc1cccc(-c2nc3n(n2)C(=O)C[C@H](c2ccc(Cl)c(Cl)c2)S3)c1. The van der Waals surface area contributed by atoms with Gasteiger partial charge in [0.2, 0.25) is 0 Å². The number of hydrogen-bond donors (Lipinski definition) is 0. The predicted molar refractivity (Wildman–Crippen MR) is 100 cm³/mol. The molecule has 0 radical (unpaired) electrons. The second kappa shape index (κ2) is 6.48. The molecule has 126 valence electrons. The van der Waals surface area contributed by atoms with E-state index in [1.807, 2.05) is 43.3 Å². The summed E-state index contributed by atoms with van der Waals surface area (Å²) in [7, 11) is 0. The molecule has 0 spiro atoms. The zero-order valence-electron chi connectivity index (χ0n) is 13.2. The van der Waals surface area contributed by atoms with Gasteiger partial charge in [0.1, 0.15) is 0 Å². The fraction of sp³-hybridized carbons (Fsp3) is 0.167. The molecular weight excluding hydrogens is 377 g/mol. The van der Waals surface area contributed by atoms with Gasteiger partial charge in [-0.25, -0.2) is 4.98 Å². The van der Waals surface area contributed by atoms with Gasteiger partial charge in [-0.05, 0) is 30.7 Å². The van der Waals surface area contributed by atoms with Crippen molar-refractivity contribution in [3.63, 3.8) is 0 Å². The Balaban J connectivity index is 1.69. The van der Waals surface area contributed by atoms with Gasteiger partial charge >= 0.3 is 0 Å². The van der Waals surface area contributed by atoms with E-state index in [0.29, 0.717) is 27.4 Å². The molecule has 0 unspecified atom stereocenters. The molecule has 0 saturated carbocycles. The number of aromatic nitrogens is 3. The van der Waals surface area contributed by atoms with Crippen molar-refractivity contribution < 1.29 is 4.79 Å². The van der Waals surface area contributed by atoms with E-state index in [-0.39, 0.29) is 11.2 Å². The molecule has 3 aromatic rings. The third-order valence-electron chi connectivity index (χ3n) is 4.01. The number of thioether (sulfide) groups is 1. The van der Waals surface area contributed by atoms with Crippen molar-refractivity contribution in [2.45, 2.75) is 23.8 Å². The summed E-state index contributed by atoms with van der Waals surface area (Å²) < 4.78 is 1.40. The first kappa shape index (κ1) is 16.6. The predicted octanol–water partition coefficient (Wildman–Crippen LogP) is 5.44. The second-order valence-electron chi connectivity index (χ2n) is 5.88. The third-order valence-corrected chi connectivity index (χ3v) is 5.95. The molecule has 1 aliphatic rings. The summed E-state index contributed by atoms with van der Waals surface area (Å²) in [6, 6.07) is 13.4. The third kappa shape index (κ3) is 3.19. The number of carbonyl (C=O) groups is 1. The quantitative estimate of drug-likeness (QED) is 0.585. The molecule has 0 bridgehead atoms. The topological polar surface area (TPSA) is 47.8 Å². The molecule has 0 aliphatic carbocycles. The Bertz CT molecular complexity index is 986. The number of hydrogen-bond acceptors (Lipinski definition) is 4. The Kier molecular flexibility index (Phi) is 4.31. The Morgan fingerprint density at radius 2 is 2.00 bits per heavy atom. The van der Waals surface area contributed by atoms with Crippen molar-refractivity contribution in [3.8, 4) is 11.4 Å². The number of fused-ring (bicyclic) bond motifs is 1. The van der Waals surface area contributed by atoms with Gasteiger partial charge in [-0.15, -0.1) is 5.10 Å². The average Bonchev–Trinajstić information content (AvgIpc) is 3.02. The number of nitrogens with zero attached hydrogens (tertiary/aromatic N) is 3. The average molecular weight is 390 g/mol. The van der Waals surface area contributed by atoms with E-state index in [1.165, 1.54) is 16.4 Å². The summed E-state index contributed by atoms with van der Waals surface area (Å²) >= 11 is 13.6. The second-order valence-corrected chi connectivity index (χ2v) is 7.86. The molecule has 0 N–H and O–H groups in total. The maximum Gasteiger partial charge on any atom is 0.250 e. The summed E-state index contributed by atoms with van der Waals surface area (Å²) in [5, 5.41) is 5.93. The van der Waals surface area contributed by atoms with Crippen LogP contribution in [0.25, 0.3) is 11.4 Å². The van der Waals surface area contributed by atoms with Crippen LogP contribution in [0.2, 0.25) is 10.0 Å². The highest BCUT2D eigenvalue weighted by Crippen LogP contribution is 2.42. The van der Waals surface area contributed by atoms with Crippen LogP contribution in [0, 0.1) is 6.92 Å². The molecule has 25 heavy (non-hydrogen) atoms. The number of aryl methyl sites for hydroxylation is 1. The van der Waals surface area contributed by atoms with Crippen molar-refractivity contribution in [2.75, 3.05) is 0 Å². The minimum Gasteiger partial charge on any atom is -0.272 e. The van der Waals surface area contributed by atoms with Crippen molar-refractivity contribution in [2.24, 2.45) is 0 Å². The van der Waals surface area contributed by atoms with Crippen LogP contribution in [-0.4, -0.2) is 20.7 Å². The van der Waals surface area contributed by atoms with Crippen LogP contribution < -0.4 is 0 Å². The summed E-state index contributed by atoms with van der Waals surface area (Å²) in [4.78, 5) is 17.1. The summed E-state index contributed by atoms with van der Waals surface area (Å²) in [6.45, 7) is 2.01. The lowest BCUT2D eigenvalue weighted by atomic mass is 10.1. The number of benzene rings is 2.